The zero-order valence-electron chi connectivity index (χ0n) is 10.7. The molecule has 0 bridgehead atoms. The molecular weight excluding hydrogens is 254 g/mol. The first-order chi connectivity index (χ1) is 9.77. The number of fused-ring (bicyclic) bond motifs is 3. The van der Waals surface area contributed by atoms with Crippen molar-refractivity contribution in [1.29, 1.82) is 0 Å². The quantitative estimate of drug-likeness (QED) is 0.568. The maximum atomic E-state index is 12.5. The molecule has 4 aromatic rings. The van der Waals surface area contributed by atoms with Gasteiger partial charge in [-0.2, -0.15) is 0 Å². The predicted octanol–water partition coefficient (Wildman–Crippen LogP) is 1.58. The van der Waals surface area contributed by atoms with Crippen molar-refractivity contribution in [1.82, 2.24) is 24.1 Å². The van der Waals surface area contributed by atoms with E-state index < -0.39 is 0 Å². The summed E-state index contributed by atoms with van der Waals surface area (Å²) in [5.74, 6) is 0.560. The Morgan fingerprint density at radius 3 is 2.70 bits per heavy atom. The lowest BCUT2D eigenvalue weighted by molar-refractivity contribution is 0.819. The molecule has 98 valence electrons. The highest BCUT2D eigenvalue weighted by atomic mass is 16.1. The molecule has 0 radical (unpaired) electrons. The van der Waals surface area contributed by atoms with Gasteiger partial charge in [0.1, 0.15) is 5.65 Å². The summed E-state index contributed by atoms with van der Waals surface area (Å²) in [5.41, 5.74) is 2.02. The Labute approximate surface area is 113 Å². The van der Waals surface area contributed by atoms with Gasteiger partial charge in [-0.3, -0.25) is 4.57 Å². The Morgan fingerprint density at radius 1 is 1.10 bits per heavy atom. The van der Waals surface area contributed by atoms with Crippen molar-refractivity contribution < 1.29 is 0 Å². The second kappa shape index (κ2) is 3.80. The van der Waals surface area contributed by atoms with Gasteiger partial charge >= 0.3 is 5.69 Å². The maximum absolute atomic E-state index is 12.5. The van der Waals surface area contributed by atoms with Crippen LogP contribution in [0, 0.1) is 0 Å². The number of rotatable bonds is 1. The largest absolute Gasteiger partial charge is 0.347 e. The van der Waals surface area contributed by atoms with E-state index in [4.69, 9.17) is 0 Å². The van der Waals surface area contributed by atoms with Crippen molar-refractivity contribution >= 4 is 16.7 Å². The topological polar surface area (TPSA) is 68.0 Å². The van der Waals surface area contributed by atoms with Crippen LogP contribution in [0.4, 0.5) is 0 Å². The molecule has 0 saturated heterocycles. The number of hydrogen-bond acceptors (Lipinski definition) is 3. The van der Waals surface area contributed by atoms with Gasteiger partial charge in [-0.1, -0.05) is 30.3 Å². The van der Waals surface area contributed by atoms with E-state index in [1.807, 2.05) is 36.4 Å². The highest BCUT2D eigenvalue weighted by molar-refractivity contribution is 5.90. The predicted molar refractivity (Wildman–Crippen MR) is 75.5 cm³/mol. The third-order valence-electron chi connectivity index (χ3n) is 3.47. The van der Waals surface area contributed by atoms with Crippen molar-refractivity contribution in [2.75, 3.05) is 0 Å². The molecule has 6 heteroatoms. The van der Waals surface area contributed by atoms with E-state index >= 15 is 0 Å². The number of nitrogens with zero attached hydrogens (tertiary/aromatic N) is 4. The minimum absolute atomic E-state index is 0.168. The van der Waals surface area contributed by atoms with Gasteiger partial charge < -0.3 is 4.98 Å². The van der Waals surface area contributed by atoms with Crippen molar-refractivity contribution in [3.05, 3.63) is 53.1 Å². The van der Waals surface area contributed by atoms with Crippen molar-refractivity contribution in [3.63, 3.8) is 0 Å². The van der Waals surface area contributed by atoms with Crippen LogP contribution in [0.3, 0.4) is 0 Å². The Bertz CT molecular complexity index is 977. The molecule has 1 aromatic carbocycles. The fourth-order valence-corrected chi connectivity index (χ4v) is 2.48. The fourth-order valence-electron chi connectivity index (χ4n) is 2.48. The molecule has 0 unspecified atom stereocenters. The van der Waals surface area contributed by atoms with E-state index in [2.05, 4.69) is 15.2 Å². The number of nitrogens with one attached hydrogen (secondary N) is 1. The Hall–Kier alpha value is -2.89. The second-order valence-corrected chi connectivity index (χ2v) is 4.63. The van der Waals surface area contributed by atoms with Gasteiger partial charge in [-0.05, 0) is 6.07 Å². The molecule has 0 spiro atoms. The van der Waals surface area contributed by atoms with Gasteiger partial charge in [-0.15, -0.1) is 10.2 Å². The summed E-state index contributed by atoms with van der Waals surface area (Å²) in [5, 5.41) is 9.24. The first-order valence-electron chi connectivity index (χ1n) is 6.24. The lowest BCUT2D eigenvalue weighted by Gasteiger charge is -2.04. The van der Waals surface area contributed by atoms with Crippen LogP contribution in [-0.2, 0) is 7.05 Å². The molecule has 0 aliphatic carbocycles. The smallest absolute Gasteiger partial charge is 0.337 e. The average Bonchev–Trinajstić information content (AvgIpc) is 3.12. The summed E-state index contributed by atoms with van der Waals surface area (Å²) >= 11 is 0. The van der Waals surface area contributed by atoms with E-state index in [1.54, 1.807) is 22.2 Å². The molecule has 3 heterocycles. The first kappa shape index (κ1) is 11.0. The zero-order valence-corrected chi connectivity index (χ0v) is 10.7. The summed E-state index contributed by atoms with van der Waals surface area (Å²) in [6.45, 7) is 0. The summed E-state index contributed by atoms with van der Waals surface area (Å²) in [6.07, 6.45) is 1.79. The van der Waals surface area contributed by atoms with Gasteiger partial charge in [0.05, 0.1) is 5.39 Å². The van der Waals surface area contributed by atoms with Crippen LogP contribution in [0.15, 0.2) is 47.4 Å². The molecule has 0 saturated carbocycles. The third kappa shape index (κ3) is 1.30. The lowest BCUT2D eigenvalue weighted by Crippen LogP contribution is -2.25. The maximum Gasteiger partial charge on any atom is 0.337 e. The van der Waals surface area contributed by atoms with Crippen LogP contribution in [0.25, 0.3) is 28.1 Å². The Kier molecular flexibility index (Phi) is 2.09. The second-order valence-electron chi connectivity index (χ2n) is 4.63. The SMILES string of the molecule is Cn1c(=O)n2c(-c3ccccc3)nnc2c2cc[nH]c21. The highest BCUT2D eigenvalue weighted by Crippen LogP contribution is 2.20. The number of hydrogen-bond donors (Lipinski definition) is 1. The van der Waals surface area contributed by atoms with E-state index in [0.29, 0.717) is 11.5 Å². The monoisotopic (exact) mass is 265 g/mol. The minimum Gasteiger partial charge on any atom is -0.347 e. The van der Waals surface area contributed by atoms with Gasteiger partial charge in [0.15, 0.2) is 11.5 Å². The van der Waals surface area contributed by atoms with Crippen molar-refractivity contribution in [3.8, 4) is 11.4 Å². The van der Waals surface area contributed by atoms with Crippen LogP contribution < -0.4 is 5.69 Å². The first-order valence-corrected chi connectivity index (χ1v) is 6.24. The number of aromatic nitrogens is 5. The molecule has 0 atom stereocenters. The fraction of sp³-hybridized carbons (Fsp3) is 0.0714. The van der Waals surface area contributed by atoms with E-state index in [1.165, 1.54) is 0 Å². The Balaban J connectivity index is 2.21. The average molecular weight is 265 g/mol. The summed E-state index contributed by atoms with van der Waals surface area (Å²) < 4.78 is 3.11. The normalized spacial score (nSPS) is 11.4. The van der Waals surface area contributed by atoms with E-state index in [9.17, 15) is 4.79 Å². The summed E-state index contributed by atoms with van der Waals surface area (Å²) in [7, 11) is 1.73. The van der Waals surface area contributed by atoms with Crippen molar-refractivity contribution in [2.45, 2.75) is 0 Å². The van der Waals surface area contributed by atoms with Crippen molar-refractivity contribution in [2.24, 2.45) is 7.05 Å². The van der Waals surface area contributed by atoms with Crippen LogP contribution in [0.2, 0.25) is 0 Å². The van der Waals surface area contributed by atoms with Gasteiger partial charge in [0.2, 0.25) is 0 Å². The van der Waals surface area contributed by atoms with Crippen LogP contribution in [0.5, 0.6) is 0 Å². The minimum atomic E-state index is -0.168. The molecule has 0 aliphatic rings. The molecule has 20 heavy (non-hydrogen) atoms. The number of aryl methyl sites for hydroxylation is 1. The lowest BCUT2D eigenvalue weighted by atomic mass is 10.2. The van der Waals surface area contributed by atoms with Crippen LogP contribution >= 0.6 is 0 Å². The molecule has 3 aromatic heterocycles. The Morgan fingerprint density at radius 2 is 1.90 bits per heavy atom. The van der Waals surface area contributed by atoms with E-state index in [-0.39, 0.29) is 5.69 Å². The molecular formula is C14H11N5O. The molecule has 6 nitrogen and oxygen atoms in total. The number of H-pyrrole nitrogens is 1. The third-order valence-corrected chi connectivity index (χ3v) is 3.47. The number of benzene rings is 1. The van der Waals surface area contributed by atoms with Gasteiger partial charge in [0, 0.05) is 18.8 Å². The van der Waals surface area contributed by atoms with Gasteiger partial charge in [0.25, 0.3) is 0 Å². The molecule has 0 fully saturated rings. The molecule has 1 N–H and O–H groups in total. The molecule has 4 rings (SSSR count). The van der Waals surface area contributed by atoms with Crippen LogP contribution in [-0.4, -0.2) is 24.1 Å². The molecule has 0 aliphatic heterocycles. The molecule has 0 amide bonds. The summed E-state index contributed by atoms with van der Waals surface area (Å²) in [4.78, 5) is 15.6. The van der Waals surface area contributed by atoms with Crippen LogP contribution in [0.1, 0.15) is 0 Å². The van der Waals surface area contributed by atoms with Gasteiger partial charge in [-0.25, -0.2) is 9.20 Å². The highest BCUT2D eigenvalue weighted by Gasteiger charge is 2.16. The zero-order chi connectivity index (χ0) is 13.7. The summed E-state index contributed by atoms with van der Waals surface area (Å²) in [6, 6.07) is 11.5. The van der Waals surface area contributed by atoms with E-state index in [0.717, 1.165) is 16.6 Å². The number of aromatic amines is 1. The standard InChI is InChI=1S/C14H11N5O/c1-18-12-10(7-8-15-12)13-17-16-11(19(13)14(18)20)9-5-3-2-4-6-9/h2-8,15H,1H3.